The Balaban J connectivity index is 2.03. The third-order valence-corrected chi connectivity index (χ3v) is 3.29. The van der Waals surface area contributed by atoms with Crippen LogP contribution in [-0.4, -0.2) is 25.3 Å². The largest absolute Gasteiger partial charge is 0.416 e. The van der Waals surface area contributed by atoms with Gasteiger partial charge in [-0.3, -0.25) is 0 Å². The third-order valence-electron chi connectivity index (χ3n) is 3.29. The minimum Gasteiger partial charge on any atom is -0.314 e. The summed E-state index contributed by atoms with van der Waals surface area (Å²) in [5.74, 6) is 0. The number of hydrogen-bond acceptors (Lipinski definition) is 2. The molecule has 1 fully saturated rings. The number of alkyl halides is 4. The lowest BCUT2D eigenvalue weighted by Gasteiger charge is -2.28. The number of piperidine rings is 1. The molecule has 106 valence electrons. The Bertz CT molecular complexity index is 419. The summed E-state index contributed by atoms with van der Waals surface area (Å²) in [6.45, 7) is 0.957. The summed E-state index contributed by atoms with van der Waals surface area (Å²) in [5.41, 5.74) is -0.507. The highest BCUT2D eigenvalue weighted by molar-refractivity contribution is 5.29. The van der Waals surface area contributed by atoms with E-state index in [1.54, 1.807) is 6.07 Å². The van der Waals surface area contributed by atoms with Gasteiger partial charge < -0.3 is 10.6 Å². The van der Waals surface area contributed by atoms with Gasteiger partial charge in [0.15, 0.2) is 0 Å². The van der Waals surface area contributed by atoms with Crippen LogP contribution >= 0.6 is 0 Å². The molecule has 1 aromatic rings. The second-order valence-electron chi connectivity index (χ2n) is 4.65. The number of halogens is 4. The minimum absolute atomic E-state index is 0.0285. The maximum absolute atomic E-state index is 13.5. The Labute approximate surface area is 109 Å². The highest BCUT2D eigenvalue weighted by Gasteiger charge is 2.33. The first kappa shape index (κ1) is 14.3. The van der Waals surface area contributed by atoms with Crippen molar-refractivity contribution in [3.63, 3.8) is 0 Å². The number of hydrogen-bond donors (Lipinski definition) is 2. The molecule has 0 amide bonds. The van der Waals surface area contributed by atoms with Crippen molar-refractivity contribution in [2.75, 3.05) is 13.1 Å². The summed E-state index contributed by atoms with van der Waals surface area (Å²) in [7, 11) is 0. The zero-order chi connectivity index (χ0) is 13.9. The van der Waals surface area contributed by atoms with Gasteiger partial charge in [0.05, 0.1) is 5.56 Å². The standard InChI is InChI=1S/C13H16F4N2/c14-11-8-18-6-5-12(11)19-7-9-3-1-2-4-10(9)13(15,16)17/h1-4,11-12,18-19H,5-8H2/t11-,12-/m1/s1. The van der Waals surface area contributed by atoms with E-state index in [-0.39, 0.29) is 24.7 Å². The second kappa shape index (κ2) is 5.88. The molecule has 0 unspecified atom stereocenters. The monoisotopic (exact) mass is 276 g/mol. The molecule has 1 aromatic carbocycles. The molecular weight excluding hydrogens is 260 g/mol. The first-order chi connectivity index (χ1) is 8.98. The maximum atomic E-state index is 13.5. The van der Waals surface area contributed by atoms with Gasteiger partial charge in [0.2, 0.25) is 0 Å². The Morgan fingerprint density at radius 2 is 2.00 bits per heavy atom. The predicted molar refractivity (Wildman–Crippen MR) is 64.5 cm³/mol. The van der Waals surface area contributed by atoms with E-state index in [0.29, 0.717) is 13.0 Å². The van der Waals surface area contributed by atoms with Crippen LogP contribution in [0.4, 0.5) is 17.6 Å². The number of rotatable bonds is 3. The summed E-state index contributed by atoms with van der Waals surface area (Å²) in [5, 5.41) is 5.79. The molecule has 2 N–H and O–H groups in total. The molecule has 2 atom stereocenters. The summed E-state index contributed by atoms with van der Waals surface area (Å²) >= 11 is 0. The fraction of sp³-hybridized carbons (Fsp3) is 0.538. The Morgan fingerprint density at radius 3 is 2.68 bits per heavy atom. The molecule has 19 heavy (non-hydrogen) atoms. The van der Waals surface area contributed by atoms with Crippen molar-refractivity contribution >= 4 is 0 Å². The van der Waals surface area contributed by atoms with E-state index in [1.165, 1.54) is 12.1 Å². The van der Waals surface area contributed by atoms with E-state index in [0.717, 1.165) is 6.07 Å². The molecule has 0 saturated carbocycles. The smallest absolute Gasteiger partial charge is 0.314 e. The third kappa shape index (κ3) is 3.67. The molecular formula is C13H16F4N2. The normalized spacial score (nSPS) is 24.4. The van der Waals surface area contributed by atoms with Gasteiger partial charge in [0, 0.05) is 19.1 Å². The molecule has 0 spiro atoms. The summed E-state index contributed by atoms with van der Waals surface area (Å²) < 4.78 is 51.9. The average molecular weight is 276 g/mol. The summed E-state index contributed by atoms with van der Waals surface area (Å²) in [4.78, 5) is 0. The number of nitrogens with one attached hydrogen (secondary N) is 2. The molecule has 2 nitrogen and oxygen atoms in total. The summed E-state index contributed by atoms with van der Waals surface area (Å²) in [6.07, 6.45) is -4.86. The molecule has 1 aliphatic rings. The van der Waals surface area contributed by atoms with Crippen LogP contribution in [0.1, 0.15) is 17.5 Å². The SMILES string of the molecule is F[C@@H]1CNCC[C@H]1NCc1ccccc1C(F)(F)F. The van der Waals surface area contributed by atoms with Crippen molar-refractivity contribution in [3.05, 3.63) is 35.4 Å². The average Bonchev–Trinajstić information content (AvgIpc) is 2.37. The van der Waals surface area contributed by atoms with Crippen LogP contribution in [-0.2, 0) is 12.7 Å². The lowest BCUT2D eigenvalue weighted by molar-refractivity contribution is -0.138. The van der Waals surface area contributed by atoms with Crippen LogP contribution in [0.15, 0.2) is 24.3 Å². The van der Waals surface area contributed by atoms with Crippen LogP contribution in [0.3, 0.4) is 0 Å². The molecule has 1 aliphatic heterocycles. The van der Waals surface area contributed by atoms with Gasteiger partial charge >= 0.3 is 6.18 Å². The van der Waals surface area contributed by atoms with Crippen LogP contribution in [0.2, 0.25) is 0 Å². The van der Waals surface area contributed by atoms with E-state index in [2.05, 4.69) is 10.6 Å². The Hall–Kier alpha value is -1.14. The fourth-order valence-electron chi connectivity index (χ4n) is 2.24. The molecule has 6 heteroatoms. The zero-order valence-electron chi connectivity index (χ0n) is 10.3. The first-order valence-corrected chi connectivity index (χ1v) is 6.22. The van der Waals surface area contributed by atoms with Crippen LogP contribution < -0.4 is 10.6 Å². The lowest BCUT2D eigenvalue weighted by Crippen LogP contribution is -2.48. The van der Waals surface area contributed by atoms with Crippen LogP contribution in [0, 0.1) is 0 Å². The fourth-order valence-corrected chi connectivity index (χ4v) is 2.24. The molecule has 1 saturated heterocycles. The van der Waals surface area contributed by atoms with E-state index < -0.39 is 17.9 Å². The quantitative estimate of drug-likeness (QED) is 0.829. The maximum Gasteiger partial charge on any atom is 0.416 e. The van der Waals surface area contributed by atoms with Gasteiger partial charge in [0.25, 0.3) is 0 Å². The van der Waals surface area contributed by atoms with Crippen molar-refractivity contribution in [2.24, 2.45) is 0 Å². The lowest BCUT2D eigenvalue weighted by atomic mass is 10.0. The Kier molecular flexibility index (Phi) is 4.42. The highest BCUT2D eigenvalue weighted by Crippen LogP contribution is 2.31. The predicted octanol–water partition coefficient (Wildman–Crippen LogP) is 2.50. The number of benzene rings is 1. The minimum atomic E-state index is -4.37. The van der Waals surface area contributed by atoms with Crippen LogP contribution in [0.5, 0.6) is 0 Å². The molecule has 0 aromatic heterocycles. The van der Waals surface area contributed by atoms with Crippen molar-refractivity contribution in [3.8, 4) is 0 Å². The molecule has 1 heterocycles. The summed E-state index contributed by atoms with van der Waals surface area (Å²) in [6, 6.07) is 5.00. The van der Waals surface area contributed by atoms with E-state index in [1.807, 2.05) is 0 Å². The van der Waals surface area contributed by atoms with Crippen molar-refractivity contribution < 1.29 is 17.6 Å². The van der Waals surface area contributed by atoms with Crippen LogP contribution in [0.25, 0.3) is 0 Å². The van der Waals surface area contributed by atoms with E-state index in [9.17, 15) is 17.6 Å². The molecule has 2 rings (SSSR count). The van der Waals surface area contributed by atoms with E-state index >= 15 is 0 Å². The first-order valence-electron chi connectivity index (χ1n) is 6.22. The van der Waals surface area contributed by atoms with Crippen molar-refractivity contribution in [1.82, 2.24) is 10.6 Å². The topological polar surface area (TPSA) is 24.1 Å². The zero-order valence-corrected chi connectivity index (χ0v) is 10.3. The van der Waals surface area contributed by atoms with Gasteiger partial charge in [-0.25, -0.2) is 4.39 Å². The van der Waals surface area contributed by atoms with Gasteiger partial charge in [-0.05, 0) is 24.6 Å². The van der Waals surface area contributed by atoms with Gasteiger partial charge in [-0.1, -0.05) is 18.2 Å². The van der Waals surface area contributed by atoms with Gasteiger partial charge in [-0.15, -0.1) is 0 Å². The molecule has 0 radical (unpaired) electrons. The highest BCUT2D eigenvalue weighted by atomic mass is 19.4. The second-order valence-corrected chi connectivity index (χ2v) is 4.65. The molecule has 0 aliphatic carbocycles. The van der Waals surface area contributed by atoms with Crippen molar-refractivity contribution in [1.29, 1.82) is 0 Å². The van der Waals surface area contributed by atoms with Gasteiger partial charge in [0.1, 0.15) is 6.17 Å². The van der Waals surface area contributed by atoms with Crippen molar-refractivity contribution in [2.45, 2.75) is 31.4 Å². The van der Waals surface area contributed by atoms with Gasteiger partial charge in [-0.2, -0.15) is 13.2 Å². The Morgan fingerprint density at radius 1 is 1.26 bits per heavy atom. The molecule has 0 bridgehead atoms. The van der Waals surface area contributed by atoms with E-state index in [4.69, 9.17) is 0 Å².